The number of phenolic OH excluding ortho intramolecular Hbond substituents is 1. The van der Waals surface area contributed by atoms with E-state index in [1.165, 1.54) is 31.4 Å². The molecule has 35 heavy (non-hydrogen) atoms. The van der Waals surface area contributed by atoms with Gasteiger partial charge in [0.25, 0.3) is 11.7 Å². The van der Waals surface area contributed by atoms with E-state index in [0.29, 0.717) is 11.3 Å². The van der Waals surface area contributed by atoms with E-state index in [-0.39, 0.29) is 22.0 Å². The maximum Gasteiger partial charge on any atom is 0.301 e. The highest BCUT2D eigenvalue weighted by atomic mass is 32.2. The van der Waals surface area contributed by atoms with E-state index in [2.05, 4.69) is 4.99 Å². The minimum Gasteiger partial charge on any atom is -0.507 e. The molecule has 2 heterocycles. The molecule has 2 N–H and O–H groups in total. The van der Waals surface area contributed by atoms with Crippen LogP contribution in [0.1, 0.15) is 11.1 Å². The molecule has 2 aliphatic heterocycles. The van der Waals surface area contributed by atoms with Gasteiger partial charge in [0.2, 0.25) is 4.87 Å². The minimum absolute atomic E-state index is 0.0475. The van der Waals surface area contributed by atoms with E-state index in [9.17, 15) is 24.6 Å². The van der Waals surface area contributed by atoms with Gasteiger partial charge in [-0.1, -0.05) is 54.2 Å². The first-order valence-electron chi connectivity index (χ1n) is 10.5. The number of ether oxygens (including phenoxy) is 1. The van der Waals surface area contributed by atoms with Gasteiger partial charge in [-0.3, -0.25) is 19.3 Å². The molecule has 1 unspecified atom stereocenters. The number of rotatable bonds is 4. The second kappa shape index (κ2) is 8.44. The van der Waals surface area contributed by atoms with Crippen molar-refractivity contribution in [2.75, 3.05) is 12.0 Å². The number of methoxy groups -OCH3 is 1. The van der Waals surface area contributed by atoms with Crippen molar-refractivity contribution in [3.8, 4) is 11.5 Å². The Morgan fingerprint density at radius 3 is 2.26 bits per heavy atom. The predicted octanol–water partition coefficient (Wildman–Crippen LogP) is 3.70. The highest BCUT2D eigenvalue weighted by molar-refractivity contribution is 8.17. The number of thioether (sulfide) groups is 1. The van der Waals surface area contributed by atoms with Crippen LogP contribution in [0.25, 0.3) is 5.76 Å². The summed E-state index contributed by atoms with van der Waals surface area (Å²) in [5.41, 5.74) is 0.353. The third kappa shape index (κ3) is 3.39. The van der Waals surface area contributed by atoms with Crippen LogP contribution in [0.15, 0.2) is 89.4 Å². The number of aliphatic hydroxyl groups excluding tert-OH is 1. The molecule has 1 atom stereocenters. The van der Waals surface area contributed by atoms with Crippen LogP contribution in [0.3, 0.4) is 0 Å². The third-order valence-electron chi connectivity index (χ3n) is 5.76. The molecule has 0 radical (unpaired) electrons. The molecule has 174 valence electrons. The van der Waals surface area contributed by atoms with E-state index in [1.807, 2.05) is 0 Å². The summed E-state index contributed by atoms with van der Waals surface area (Å²) in [7, 11) is 1.49. The van der Waals surface area contributed by atoms with Gasteiger partial charge in [-0.25, -0.2) is 4.99 Å². The Hall–Kier alpha value is -4.37. The molecule has 5 rings (SSSR count). The van der Waals surface area contributed by atoms with Gasteiger partial charge in [0, 0.05) is 11.1 Å². The van der Waals surface area contributed by atoms with Gasteiger partial charge in [-0.05, 0) is 36.4 Å². The number of amides is 2. The molecule has 2 amide bonds. The number of Topliss-reactive ketones (excluding diaryl/α,β-unsaturated/α-hetero) is 1. The number of hydrogen-bond donors (Lipinski definition) is 2. The molecule has 1 fully saturated rings. The van der Waals surface area contributed by atoms with Gasteiger partial charge in [-0.2, -0.15) is 0 Å². The summed E-state index contributed by atoms with van der Waals surface area (Å²) in [6, 6.07) is 20.9. The fourth-order valence-electron chi connectivity index (χ4n) is 4.09. The fourth-order valence-corrected chi connectivity index (χ4v) is 5.45. The van der Waals surface area contributed by atoms with Crippen molar-refractivity contribution in [3.63, 3.8) is 0 Å². The van der Waals surface area contributed by atoms with E-state index >= 15 is 0 Å². The number of anilines is 1. The number of benzene rings is 3. The Kier molecular flexibility index (Phi) is 5.41. The van der Waals surface area contributed by atoms with Crippen LogP contribution in [0.5, 0.6) is 11.5 Å². The van der Waals surface area contributed by atoms with Crippen molar-refractivity contribution in [3.05, 3.63) is 95.6 Å². The molecular formula is C26H18N2O6S. The molecule has 2 aliphatic rings. The van der Waals surface area contributed by atoms with Crippen LogP contribution in [0, 0.1) is 0 Å². The van der Waals surface area contributed by atoms with E-state index in [0.717, 1.165) is 16.7 Å². The Morgan fingerprint density at radius 2 is 1.60 bits per heavy atom. The van der Waals surface area contributed by atoms with Crippen molar-refractivity contribution in [2.45, 2.75) is 4.87 Å². The SMILES string of the molecule is COc1ccc(/C(O)=C2\C(=O)C(=O)N(c3ccccc3O)C23SC(c2ccccc2)=NC3=O)cc1. The first-order valence-corrected chi connectivity index (χ1v) is 11.3. The maximum absolute atomic E-state index is 13.6. The van der Waals surface area contributed by atoms with Crippen LogP contribution in [0.2, 0.25) is 0 Å². The zero-order chi connectivity index (χ0) is 24.7. The standard InChI is InChI=1S/C26H18N2O6S/c1-34-17-13-11-15(12-14-17)21(30)20-22(31)24(32)28(18-9-5-6-10-19(18)29)26(20)25(33)27-23(35-26)16-7-3-2-4-8-16/h2-14,29-30H,1H3/b21-20-. The summed E-state index contributed by atoms with van der Waals surface area (Å²) in [4.78, 5) is 43.4. The highest BCUT2D eigenvalue weighted by Crippen LogP contribution is 2.53. The maximum atomic E-state index is 13.6. The number of hydrogen-bond acceptors (Lipinski definition) is 7. The van der Waals surface area contributed by atoms with Crippen molar-refractivity contribution >= 4 is 45.8 Å². The lowest BCUT2D eigenvalue weighted by Gasteiger charge is -2.32. The molecule has 1 saturated heterocycles. The lowest BCUT2D eigenvalue weighted by atomic mass is 9.99. The number of carbonyl (C=O) groups excluding carboxylic acids is 3. The Bertz CT molecular complexity index is 1430. The second-order valence-corrected chi connectivity index (χ2v) is 8.93. The van der Waals surface area contributed by atoms with Crippen molar-refractivity contribution in [1.29, 1.82) is 0 Å². The van der Waals surface area contributed by atoms with Crippen LogP contribution >= 0.6 is 11.8 Å². The lowest BCUT2D eigenvalue weighted by Crippen LogP contribution is -2.48. The zero-order valence-electron chi connectivity index (χ0n) is 18.3. The Morgan fingerprint density at radius 1 is 0.943 bits per heavy atom. The van der Waals surface area contributed by atoms with Crippen molar-refractivity contribution < 1.29 is 29.3 Å². The number of aliphatic hydroxyl groups is 1. The second-order valence-electron chi connectivity index (χ2n) is 7.74. The molecule has 3 aromatic rings. The van der Waals surface area contributed by atoms with Gasteiger partial charge in [0.1, 0.15) is 22.3 Å². The summed E-state index contributed by atoms with van der Waals surface area (Å²) in [5, 5.41) is 22.1. The van der Waals surface area contributed by atoms with E-state index in [4.69, 9.17) is 4.74 Å². The van der Waals surface area contributed by atoms with Crippen molar-refractivity contribution in [1.82, 2.24) is 0 Å². The number of ketones is 1. The Labute approximate surface area is 204 Å². The van der Waals surface area contributed by atoms with Crippen LogP contribution in [0.4, 0.5) is 5.69 Å². The molecule has 0 aliphatic carbocycles. The predicted molar refractivity (Wildman–Crippen MR) is 131 cm³/mol. The van der Waals surface area contributed by atoms with E-state index in [1.54, 1.807) is 54.6 Å². The molecule has 0 bridgehead atoms. The number of nitrogens with zero attached hydrogens (tertiary/aromatic N) is 2. The number of carbonyl (C=O) groups is 3. The summed E-state index contributed by atoms with van der Waals surface area (Å²) in [6.07, 6.45) is 0. The van der Waals surface area contributed by atoms with Gasteiger partial charge in [0.15, 0.2) is 0 Å². The zero-order valence-corrected chi connectivity index (χ0v) is 19.2. The Balaban J connectivity index is 1.75. The molecule has 9 heteroatoms. The highest BCUT2D eigenvalue weighted by Gasteiger charge is 2.66. The van der Waals surface area contributed by atoms with Gasteiger partial charge in [0.05, 0.1) is 18.4 Å². The smallest absolute Gasteiger partial charge is 0.301 e. The van der Waals surface area contributed by atoms with Crippen molar-refractivity contribution in [2.24, 2.45) is 4.99 Å². The molecule has 3 aromatic carbocycles. The van der Waals surface area contributed by atoms with Crippen LogP contribution in [-0.4, -0.2) is 44.8 Å². The van der Waals surface area contributed by atoms with Crippen LogP contribution in [-0.2, 0) is 14.4 Å². The number of aromatic hydroxyl groups is 1. The summed E-state index contributed by atoms with van der Waals surface area (Å²) < 4.78 is 5.14. The molecule has 0 aromatic heterocycles. The number of aliphatic imine (C=N–C) groups is 1. The third-order valence-corrected chi connectivity index (χ3v) is 7.14. The average molecular weight is 487 g/mol. The summed E-state index contributed by atoms with van der Waals surface area (Å²) in [5.74, 6) is -3.27. The van der Waals surface area contributed by atoms with Gasteiger partial charge >= 0.3 is 5.91 Å². The summed E-state index contributed by atoms with van der Waals surface area (Å²) >= 11 is 0.871. The first-order chi connectivity index (χ1) is 16.9. The number of phenols is 1. The largest absolute Gasteiger partial charge is 0.507 e. The quantitative estimate of drug-likeness (QED) is 0.328. The van der Waals surface area contributed by atoms with Crippen LogP contribution < -0.4 is 9.64 Å². The minimum atomic E-state index is -2.04. The monoisotopic (exact) mass is 486 g/mol. The first kappa shape index (κ1) is 22.4. The summed E-state index contributed by atoms with van der Waals surface area (Å²) in [6.45, 7) is 0. The number of para-hydroxylation sites is 2. The average Bonchev–Trinajstić information content (AvgIpc) is 3.33. The molecule has 0 saturated carbocycles. The molecule has 1 spiro atoms. The van der Waals surface area contributed by atoms with Gasteiger partial charge < -0.3 is 14.9 Å². The topological polar surface area (TPSA) is 116 Å². The fraction of sp³-hybridized carbons (Fsp3) is 0.0769. The lowest BCUT2D eigenvalue weighted by molar-refractivity contribution is -0.132. The molecular weight excluding hydrogens is 468 g/mol. The normalized spacial score (nSPS) is 21.0. The molecule has 8 nitrogen and oxygen atoms in total. The van der Waals surface area contributed by atoms with Gasteiger partial charge in [-0.15, -0.1) is 0 Å². The van der Waals surface area contributed by atoms with E-state index < -0.39 is 33.8 Å².